The van der Waals surface area contributed by atoms with Crippen LogP contribution in [0.5, 0.6) is 0 Å². The molecular weight excluding hydrogens is 360 g/mol. The Hall–Kier alpha value is -1.19. The minimum Gasteiger partial charge on any atom is -0.377 e. The van der Waals surface area contributed by atoms with E-state index in [0.29, 0.717) is 11.5 Å². The molecule has 25 heavy (non-hydrogen) atoms. The topological polar surface area (TPSA) is 99.3 Å². The maximum Gasteiger partial charge on any atom is 0.243 e. The van der Waals surface area contributed by atoms with Gasteiger partial charge in [0.05, 0.1) is 12.1 Å². The first-order valence-electron chi connectivity index (χ1n) is 8.15. The van der Waals surface area contributed by atoms with E-state index in [1.165, 1.54) is 28.5 Å². The summed E-state index contributed by atoms with van der Waals surface area (Å²) >= 11 is 0. The molecule has 4 N–H and O–H groups in total. The maximum atomic E-state index is 11.9. The zero-order chi connectivity index (χ0) is 19.4. The normalized spacial score (nSPS) is 14.1. The predicted molar refractivity (Wildman–Crippen MR) is 106 cm³/mol. The molecule has 2 amide bonds. The van der Waals surface area contributed by atoms with Gasteiger partial charge < -0.3 is 21.3 Å². The average Bonchev–Trinajstić information content (AvgIpc) is 2.60. The summed E-state index contributed by atoms with van der Waals surface area (Å²) in [7, 11) is 6.21. The fourth-order valence-electron chi connectivity index (χ4n) is 1.63. The van der Waals surface area contributed by atoms with Crippen molar-refractivity contribution in [2.45, 2.75) is 45.3 Å². The van der Waals surface area contributed by atoms with Crippen molar-refractivity contribution in [3.8, 4) is 0 Å². The number of carbonyl (C=O) groups is 3. The molecule has 0 aromatic carbocycles. The first-order valence-corrected chi connectivity index (χ1v) is 10.6. The molecule has 0 saturated heterocycles. The lowest BCUT2D eigenvalue weighted by molar-refractivity contribution is -0.127. The SMILES string of the molecule is C=C(CC)NC(CSSCC(NC(=O)C(C)NC)C(C)=O)C(=O)NC. The Kier molecular flexibility index (Phi) is 12.5. The highest BCUT2D eigenvalue weighted by atomic mass is 33.1. The van der Waals surface area contributed by atoms with E-state index in [1.54, 1.807) is 21.0 Å². The second-order valence-electron chi connectivity index (χ2n) is 5.52. The van der Waals surface area contributed by atoms with Crippen LogP contribution < -0.4 is 21.3 Å². The van der Waals surface area contributed by atoms with Crippen molar-refractivity contribution in [2.75, 3.05) is 25.6 Å². The molecule has 144 valence electrons. The largest absolute Gasteiger partial charge is 0.377 e. The first-order chi connectivity index (χ1) is 11.8. The highest BCUT2D eigenvalue weighted by Gasteiger charge is 2.21. The minimum absolute atomic E-state index is 0.0925. The number of carbonyl (C=O) groups excluding carboxylic acids is 3. The summed E-state index contributed by atoms with van der Waals surface area (Å²) in [5, 5.41) is 11.3. The molecule has 0 rings (SSSR count). The van der Waals surface area contributed by atoms with Gasteiger partial charge in [0, 0.05) is 24.3 Å². The van der Waals surface area contributed by atoms with E-state index in [0.717, 1.165) is 12.1 Å². The predicted octanol–water partition coefficient (Wildman–Crippen LogP) is 0.677. The third-order valence-corrected chi connectivity index (χ3v) is 5.98. The zero-order valence-electron chi connectivity index (χ0n) is 15.6. The van der Waals surface area contributed by atoms with Crippen LogP contribution in [0.1, 0.15) is 27.2 Å². The van der Waals surface area contributed by atoms with Gasteiger partial charge in [-0.2, -0.15) is 0 Å². The molecule has 9 heteroatoms. The quantitative estimate of drug-likeness (QED) is 0.271. The van der Waals surface area contributed by atoms with Gasteiger partial charge in [-0.15, -0.1) is 0 Å². The summed E-state index contributed by atoms with van der Waals surface area (Å²) in [6.07, 6.45) is 0.743. The highest BCUT2D eigenvalue weighted by molar-refractivity contribution is 8.76. The van der Waals surface area contributed by atoms with Crippen LogP contribution in [-0.2, 0) is 14.4 Å². The van der Waals surface area contributed by atoms with Crippen molar-refractivity contribution in [1.82, 2.24) is 21.3 Å². The average molecular weight is 391 g/mol. The minimum atomic E-state index is -0.544. The van der Waals surface area contributed by atoms with Gasteiger partial charge in [-0.1, -0.05) is 35.1 Å². The Labute approximate surface area is 158 Å². The second-order valence-corrected chi connectivity index (χ2v) is 8.07. The Morgan fingerprint density at radius 3 is 2.00 bits per heavy atom. The van der Waals surface area contributed by atoms with Crippen molar-refractivity contribution >= 4 is 39.2 Å². The van der Waals surface area contributed by atoms with Gasteiger partial charge in [-0.3, -0.25) is 14.4 Å². The van der Waals surface area contributed by atoms with Crippen molar-refractivity contribution in [2.24, 2.45) is 0 Å². The second kappa shape index (κ2) is 13.1. The Bertz CT molecular complexity index is 474. The smallest absolute Gasteiger partial charge is 0.243 e. The molecule has 0 heterocycles. The van der Waals surface area contributed by atoms with E-state index in [-0.39, 0.29) is 29.7 Å². The summed E-state index contributed by atoms with van der Waals surface area (Å²) in [6, 6.07) is -1.29. The Balaban J connectivity index is 4.46. The van der Waals surface area contributed by atoms with Crippen molar-refractivity contribution in [1.29, 1.82) is 0 Å². The summed E-state index contributed by atoms with van der Waals surface area (Å²) in [5.41, 5.74) is 0.800. The lowest BCUT2D eigenvalue weighted by Crippen LogP contribution is -2.48. The van der Waals surface area contributed by atoms with Gasteiger partial charge in [0.1, 0.15) is 6.04 Å². The summed E-state index contributed by atoms with van der Waals surface area (Å²) < 4.78 is 0. The molecule has 3 atom stereocenters. The number of ketones is 1. The van der Waals surface area contributed by atoms with E-state index in [1.807, 2.05) is 6.92 Å². The first kappa shape index (κ1) is 23.8. The van der Waals surface area contributed by atoms with Crippen molar-refractivity contribution < 1.29 is 14.4 Å². The van der Waals surface area contributed by atoms with Gasteiger partial charge in [0.15, 0.2) is 5.78 Å². The lowest BCUT2D eigenvalue weighted by atomic mass is 10.2. The molecule has 0 aliphatic carbocycles. The monoisotopic (exact) mass is 390 g/mol. The lowest BCUT2D eigenvalue weighted by Gasteiger charge is -2.20. The number of likely N-dealkylation sites (N-methyl/N-ethyl adjacent to an activating group) is 2. The molecule has 0 aliphatic rings. The van der Waals surface area contributed by atoms with E-state index >= 15 is 0 Å². The third-order valence-electron chi connectivity index (χ3n) is 3.55. The summed E-state index contributed by atoms with van der Waals surface area (Å²) in [4.78, 5) is 35.5. The maximum absolute atomic E-state index is 11.9. The van der Waals surface area contributed by atoms with Crippen LogP contribution in [0.2, 0.25) is 0 Å². The zero-order valence-corrected chi connectivity index (χ0v) is 17.2. The van der Waals surface area contributed by atoms with E-state index in [4.69, 9.17) is 0 Å². The van der Waals surface area contributed by atoms with E-state index in [9.17, 15) is 14.4 Å². The fourth-order valence-corrected chi connectivity index (χ4v) is 4.04. The molecular formula is C16H30N4O3S2. The third kappa shape index (κ3) is 9.76. The van der Waals surface area contributed by atoms with Crippen LogP contribution in [0.15, 0.2) is 12.3 Å². The molecule has 0 fully saturated rings. The number of amides is 2. The van der Waals surface area contributed by atoms with Crippen molar-refractivity contribution in [3.63, 3.8) is 0 Å². The molecule has 0 aliphatic heterocycles. The van der Waals surface area contributed by atoms with Crippen LogP contribution >= 0.6 is 21.6 Å². The van der Waals surface area contributed by atoms with Gasteiger partial charge in [0.25, 0.3) is 0 Å². The molecule has 0 aromatic heterocycles. The number of hydrogen-bond donors (Lipinski definition) is 4. The number of rotatable bonds is 13. The number of nitrogens with one attached hydrogen (secondary N) is 4. The van der Waals surface area contributed by atoms with Gasteiger partial charge in [0.2, 0.25) is 11.8 Å². The summed E-state index contributed by atoms with van der Waals surface area (Å²) in [5.74, 6) is 0.552. The van der Waals surface area contributed by atoms with Crippen LogP contribution in [0, 0.1) is 0 Å². The van der Waals surface area contributed by atoms with Crippen LogP contribution in [0.3, 0.4) is 0 Å². The number of hydrogen-bond acceptors (Lipinski definition) is 7. The molecule has 7 nitrogen and oxygen atoms in total. The molecule has 0 radical (unpaired) electrons. The van der Waals surface area contributed by atoms with Gasteiger partial charge in [-0.05, 0) is 27.3 Å². The summed E-state index contributed by atoms with van der Waals surface area (Å²) in [6.45, 7) is 9.01. The number of Topliss-reactive ketones (excluding diaryl/α,β-unsaturated/α-hetero) is 1. The van der Waals surface area contributed by atoms with Crippen LogP contribution in [0.25, 0.3) is 0 Å². The Morgan fingerprint density at radius 2 is 1.56 bits per heavy atom. The Morgan fingerprint density at radius 1 is 1.00 bits per heavy atom. The standard InChI is InChI=1S/C16H30N4O3S2/c1-7-10(2)19-14(16(23)18-6)9-25-24-8-13(12(4)21)20-15(22)11(3)17-5/h11,13-14,17,19H,2,7-9H2,1,3-6H3,(H,18,23)(H,20,22). The molecule has 0 aromatic rings. The molecule has 0 bridgehead atoms. The van der Waals surface area contributed by atoms with Crippen LogP contribution in [-0.4, -0.2) is 61.3 Å². The highest BCUT2D eigenvalue weighted by Crippen LogP contribution is 2.23. The molecule has 0 saturated carbocycles. The van der Waals surface area contributed by atoms with Gasteiger partial charge in [-0.25, -0.2) is 0 Å². The van der Waals surface area contributed by atoms with E-state index < -0.39 is 6.04 Å². The van der Waals surface area contributed by atoms with Crippen molar-refractivity contribution in [3.05, 3.63) is 12.3 Å². The number of allylic oxidation sites excluding steroid dienone is 1. The van der Waals surface area contributed by atoms with Crippen LogP contribution in [0.4, 0.5) is 0 Å². The molecule has 3 unspecified atom stereocenters. The fraction of sp³-hybridized carbons (Fsp3) is 0.688. The van der Waals surface area contributed by atoms with E-state index in [2.05, 4.69) is 27.8 Å². The van der Waals surface area contributed by atoms with Gasteiger partial charge >= 0.3 is 0 Å². The molecule has 0 spiro atoms.